The monoisotopic (exact) mass is 394 g/mol. The van der Waals surface area contributed by atoms with Crippen molar-refractivity contribution in [1.29, 1.82) is 10.8 Å². The average Bonchev–Trinajstić information content (AvgIpc) is 3.18. The Hall–Kier alpha value is -4.14. The van der Waals surface area contributed by atoms with Crippen LogP contribution in [0.1, 0.15) is 0 Å². The molecule has 0 spiro atoms. The number of furan rings is 1. The van der Waals surface area contributed by atoms with Gasteiger partial charge in [0.2, 0.25) is 0 Å². The van der Waals surface area contributed by atoms with Crippen molar-refractivity contribution in [3.63, 3.8) is 0 Å². The molecule has 0 saturated heterocycles. The Kier molecular flexibility index (Phi) is 5.59. The molecule has 0 aliphatic heterocycles. The number of methoxy groups -OCH3 is 2. The molecule has 0 aliphatic carbocycles. The summed E-state index contributed by atoms with van der Waals surface area (Å²) in [6.45, 7) is 0. The SMILES string of the molecule is COc1cc(-c2ccc(-c3ccc(NC(=N)N)c(OC)c3)o2)ccc1NC(=N)N. The highest BCUT2D eigenvalue weighted by atomic mass is 16.5. The van der Waals surface area contributed by atoms with Crippen LogP contribution in [0, 0.1) is 10.8 Å². The quantitative estimate of drug-likeness (QED) is 0.277. The molecular weight excluding hydrogens is 372 g/mol. The third kappa shape index (κ3) is 4.41. The van der Waals surface area contributed by atoms with Crippen molar-refractivity contribution >= 4 is 23.3 Å². The second-order valence-electron chi connectivity index (χ2n) is 6.07. The van der Waals surface area contributed by atoms with Crippen molar-refractivity contribution in [2.45, 2.75) is 0 Å². The zero-order valence-electron chi connectivity index (χ0n) is 16.0. The van der Waals surface area contributed by atoms with Gasteiger partial charge in [-0.05, 0) is 48.5 Å². The van der Waals surface area contributed by atoms with Gasteiger partial charge >= 0.3 is 0 Å². The molecule has 1 heterocycles. The maximum absolute atomic E-state index is 7.36. The summed E-state index contributed by atoms with van der Waals surface area (Å²) < 4.78 is 16.7. The third-order valence-electron chi connectivity index (χ3n) is 4.12. The lowest BCUT2D eigenvalue weighted by molar-refractivity contribution is 0.417. The van der Waals surface area contributed by atoms with E-state index in [0.717, 1.165) is 11.1 Å². The van der Waals surface area contributed by atoms with Crippen LogP contribution in [0.3, 0.4) is 0 Å². The Morgan fingerprint density at radius 2 is 1.17 bits per heavy atom. The first kappa shape index (κ1) is 19.6. The molecule has 0 radical (unpaired) electrons. The van der Waals surface area contributed by atoms with E-state index >= 15 is 0 Å². The van der Waals surface area contributed by atoms with Gasteiger partial charge in [0, 0.05) is 11.1 Å². The van der Waals surface area contributed by atoms with Crippen LogP contribution in [0.15, 0.2) is 52.9 Å². The summed E-state index contributed by atoms with van der Waals surface area (Å²) in [5.41, 5.74) is 13.6. The molecule has 0 fully saturated rings. The minimum Gasteiger partial charge on any atom is -0.495 e. The van der Waals surface area contributed by atoms with Gasteiger partial charge in [-0.3, -0.25) is 10.8 Å². The highest BCUT2D eigenvalue weighted by Gasteiger charge is 2.13. The molecular formula is C20H22N6O3. The van der Waals surface area contributed by atoms with Gasteiger partial charge in [0.15, 0.2) is 11.9 Å². The summed E-state index contributed by atoms with van der Waals surface area (Å²) in [5.74, 6) is 2.03. The molecule has 9 heteroatoms. The molecule has 0 bridgehead atoms. The smallest absolute Gasteiger partial charge is 0.190 e. The van der Waals surface area contributed by atoms with Crippen LogP contribution >= 0.6 is 0 Å². The van der Waals surface area contributed by atoms with E-state index in [1.165, 1.54) is 0 Å². The van der Waals surface area contributed by atoms with Crippen LogP contribution in [-0.4, -0.2) is 26.1 Å². The number of rotatable bonds is 6. The molecule has 1 aromatic heterocycles. The lowest BCUT2D eigenvalue weighted by Gasteiger charge is -2.11. The first-order chi connectivity index (χ1) is 13.9. The first-order valence-corrected chi connectivity index (χ1v) is 8.60. The Labute approximate surface area is 167 Å². The van der Waals surface area contributed by atoms with E-state index < -0.39 is 0 Å². The molecule has 150 valence electrons. The van der Waals surface area contributed by atoms with E-state index in [2.05, 4.69) is 10.6 Å². The molecule has 3 aromatic rings. The number of ether oxygens (including phenoxy) is 2. The lowest BCUT2D eigenvalue weighted by atomic mass is 10.1. The van der Waals surface area contributed by atoms with E-state index in [1.807, 2.05) is 24.3 Å². The molecule has 3 rings (SSSR count). The summed E-state index contributed by atoms with van der Waals surface area (Å²) >= 11 is 0. The topological polar surface area (TPSA) is 155 Å². The summed E-state index contributed by atoms with van der Waals surface area (Å²) in [7, 11) is 3.09. The minimum atomic E-state index is -0.173. The van der Waals surface area contributed by atoms with Crippen LogP contribution in [0.2, 0.25) is 0 Å². The zero-order chi connectivity index (χ0) is 21.0. The number of guanidine groups is 2. The molecule has 8 N–H and O–H groups in total. The number of hydrogen-bond donors (Lipinski definition) is 6. The fourth-order valence-corrected chi connectivity index (χ4v) is 2.83. The Balaban J connectivity index is 1.91. The molecule has 29 heavy (non-hydrogen) atoms. The highest BCUT2D eigenvalue weighted by molar-refractivity contribution is 5.92. The van der Waals surface area contributed by atoms with E-state index in [1.54, 1.807) is 38.5 Å². The molecule has 0 unspecified atom stereocenters. The van der Waals surface area contributed by atoms with Gasteiger partial charge in [0.05, 0.1) is 25.6 Å². The van der Waals surface area contributed by atoms with Crippen LogP contribution < -0.4 is 31.6 Å². The van der Waals surface area contributed by atoms with Gasteiger partial charge < -0.3 is 36.0 Å². The number of nitrogens with one attached hydrogen (secondary N) is 4. The molecule has 2 aromatic carbocycles. The van der Waals surface area contributed by atoms with Crippen LogP contribution in [0.25, 0.3) is 22.6 Å². The third-order valence-corrected chi connectivity index (χ3v) is 4.12. The summed E-state index contributed by atoms with van der Waals surface area (Å²) in [6.07, 6.45) is 0. The Morgan fingerprint density at radius 3 is 1.52 bits per heavy atom. The van der Waals surface area contributed by atoms with E-state index in [9.17, 15) is 0 Å². The normalized spacial score (nSPS) is 10.3. The maximum atomic E-state index is 7.36. The summed E-state index contributed by atoms with van der Waals surface area (Å²) in [4.78, 5) is 0. The van der Waals surface area contributed by atoms with Gasteiger partial charge in [-0.2, -0.15) is 0 Å². The van der Waals surface area contributed by atoms with Crippen molar-refractivity contribution in [1.82, 2.24) is 0 Å². The van der Waals surface area contributed by atoms with Crippen LogP contribution in [0.5, 0.6) is 11.5 Å². The average molecular weight is 394 g/mol. The minimum absolute atomic E-state index is 0.173. The molecule has 0 aliphatic rings. The Bertz CT molecular complexity index is 978. The molecule has 0 saturated carbocycles. The van der Waals surface area contributed by atoms with Crippen molar-refractivity contribution in [2.24, 2.45) is 11.5 Å². The predicted octanol–water partition coefficient (Wildman–Crippen LogP) is 3.24. The predicted molar refractivity (Wildman–Crippen MR) is 114 cm³/mol. The molecule has 0 atom stereocenters. The second kappa shape index (κ2) is 8.26. The van der Waals surface area contributed by atoms with E-state index in [4.69, 9.17) is 36.2 Å². The second-order valence-corrected chi connectivity index (χ2v) is 6.07. The number of hydrogen-bond acceptors (Lipinski definition) is 5. The Morgan fingerprint density at radius 1 is 0.759 bits per heavy atom. The van der Waals surface area contributed by atoms with Gasteiger partial charge in [-0.1, -0.05) is 0 Å². The zero-order valence-corrected chi connectivity index (χ0v) is 16.0. The number of anilines is 2. The summed E-state index contributed by atoms with van der Waals surface area (Å²) in [6, 6.07) is 14.5. The van der Waals surface area contributed by atoms with E-state index in [-0.39, 0.29) is 11.9 Å². The largest absolute Gasteiger partial charge is 0.495 e. The maximum Gasteiger partial charge on any atom is 0.190 e. The lowest BCUT2D eigenvalue weighted by Crippen LogP contribution is -2.20. The van der Waals surface area contributed by atoms with Gasteiger partial charge in [0.1, 0.15) is 23.0 Å². The fraction of sp³-hybridized carbons (Fsp3) is 0.100. The van der Waals surface area contributed by atoms with Crippen LogP contribution in [0.4, 0.5) is 11.4 Å². The van der Waals surface area contributed by atoms with Gasteiger partial charge in [-0.25, -0.2) is 0 Å². The van der Waals surface area contributed by atoms with Crippen LogP contribution in [-0.2, 0) is 0 Å². The molecule has 0 amide bonds. The van der Waals surface area contributed by atoms with Crippen molar-refractivity contribution in [3.8, 4) is 34.1 Å². The fourth-order valence-electron chi connectivity index (χ4n) is 2.83. The number of nitrogens with two attached hydrogens (primary N) is 2. The highest BCUT2D eigenvalue weighted by Crippen LogP contribution is 2.36. The summed E-state index contributed by atoms with van der Waals surface area (Å²) in [5, 5.41) is 20.2. The standard InChI is InChI=1S/C20H22N6O3/c1-27-17-9-11(3-5-13(17)25-19(21)22)15-7-8-16(29-15)12-4-6-14(26-20(23)24)18(10-12)28-2/h3-10H,1-2H3,(H4,21,22,25)(H4,23,24,26). The first-order valence-electron chi connectivity index (χ1n) is 8.60. The van der Waals surface area contributed by atoms with E-state index in [0.29, 0.717) is 34.4 Å². The van der Waals surface area contributed by atoms with Crippen molar-refractivity contribution in [2.75, 3.05) is 24.9 Å². The van der Waals surface area contributed by atoms with Crippen molar-refractivity contribution < 1.29 is 13.9 Å². The van der Waals surface area contributed by atoms with Crippen molar-refractivity contribution in [3.05, 3.63) is 48.5 Å². The van der Waals surface area contributed by atoms with Gasteiger partial charge in [0.25, 0.3) is 0 Å². The van der Waals surface area contributed by atoms with Gasteiger partial charge in [-0.15, -0.1) is 0 Å². The number of benzene rings is 2. The molecule has 9 nitrogen and oxygen atoms in total.